The molecular weight excluding hydrogens is 280 g/mol. The van der Waals surface area contributed by atoms with Crippen LogP contribution in [0.2, 0.25) is 0 Å². The van der Waals surface area contributed by atoms with E-state index < -0.39 is 16.0 Å². The quantitative estimate of drug-likeness (QED) is 0.806. The molecule has 0 amide bonds. The fourth-order valence-corrected chi connectivity index (χ4v) is 2.82. The molecule has 20 heavy (non-hydrogen) atoms. The number of aromatic nitrogens is 1. The molecule has 0 fully saturated rings. The van der Waals surface area contributed by atoms with E-state index in [0.29, 0.717) is 0 Å². The van der Waals surface area contributed by atoms with Crippen LogP contribution in [-0.2, 0) is 10.0 Å². The summed E-state index contributed by atoms with van der Waals surface area (Å²) in [4.78, 5) is 14.5. The fraction of sp³-hybridized carbons (Fsp3) is 0.0769. The second-order valence-corrected chi connectivity index (χ2v) is 5.94. The molecule has 6 nitrogen and oxygen atoms in total. The molecule has 0 aliphatic rings. The van der Waals surface area contributed by atoms with Crippen molar-refractivity contribution in [1.82, 2.24) is 4.98 Å². The molecule has 0 spiro atoms. The lowest BCUT2D eigenvalue weighted by molar-refractivity contribution is -0.255. The molecule has 0 saturated carbocycles. The predicted molar refractivity (Wildman–Crippen MR) is 70.6 cm³/mol. The van der Waals surface area contributed by atoms with E-state index in [2.05, 4.69) is 4.98 Å². The number of rotatable bonds is 4. The minimum absolute atomic E-state index is 0.120. The number of carboxylic acid groups (broad SMARTS) is 1. The van der Waals surface area contributed by atoms with Gasteiger partial charge in [-0.25, -0.2) is 8.42 Å². The van der Waals surface area contributed by atoms with Gasteiger partial charge in [-0.1, -0.05) is 18.2 Å². The highest BCUT2D eigenvalue weighted by atomic mass is 32.2. The summed E-state index contributed by atoms with van der Waals surface area (Å²) in [5.74, 6) is -1.46. The molecule has 0 atom stereocenters. The molecule has 1 aromatic heterocycles. The molecule has 0 unspecified atom stereocenters. The third-order valence-corrected chi connectivity index (χ3v) is 4.52. The van der Waals surface area contributed by atoms with Gasteiger partial charge in [0, 0.05) is 13.2 Å². The van der Waals surface area contributed by atoms with Crippen LogP contribution in [-0.4, -0.2) is 26.4 Å². The Balaban J connectivity index is 2.43. The van der Waals surface area contributed by atoms with E-state index in [-0.39, 0.29) is 16.3 Å². The van der Waals surface area contributed by atoms with E-state index in [1.165, 1.54) is 31.4 Å². The first-order valence-electron chi connectivity index (χ1n) is 5.64. The summed E-state index contributed by atoms with van der Waals surface area (Å²) in [6, 6.07) is 10.4. The number of aromatic carboxylic acids is 1. The summed E-state index contributed by atoms with van der Waals surface area (Å²) in [7, 11) is -2.40. The highest BCUT2D eigenvalue weighted by Gasteiger charge is 2.21. The number of sulfonamides is 1. The lowest BCUT2D eigenvalue weighted by Crippen LogP contribution is -2.28. The van der Waals surface area contributed by atoms with Crippen molar-refractivity contribution in [1.29, 1.82) is 0 Å². The maximum absolute atomic E-state index is 12.4. The van der Waals surface area contributed by atoms with E-state index >= 15 is 0 Å². The number of hydrogen-bond donors (Lipinski definition) is 0. The molecule has 2 rings (SSSR count). The van der Waals surface area contributed by atoms with Gasteiger partial charge in [0.25, 0.3) is 10.0 Å². The molecule has 1 aromatic carbocycles. The zero-order valence-corrected chi connectivity index (χ0v) is 11.4. The van der Waals surface area contributed by atoms with Crippen LogP contribution in [0, 0.1) is 0 Å². The number of hydrogen-bond acceptors (Lipinski definition) is 5. The summed E-state index contributed by atoms with van der Waals surface area (Å²) >= 11 is 0. The zero-order valence-electron chi connectivity index (χ0n) is 10.6. The maximum Gasteiger partial charge on any atom is 0.264 e. The second-order valence-electron chi connectivity index (χ2n) is 3.97. The lowest BCUT2D eigenvalue weighted by atomic mass is 10.3. The van der Waals surface area contributed by atoms with Crippen LogP contribution in [0.15, 0.2) is 53.6 Å². The number of carbonyl (C=O) groups is 1. The van der Waals surface area contributed by atoms with Gasteiger partial charge in [0.2, 0.25) is 0 Å². The summed E-state index contributed by atoms with van der Waals surface area (Å²) in [6.07, 6.45) is 1.22. The number of carboxylic acids is 1. The van der Waals surface area contributed by atoms with Crippen LogP contribution in [0.5, 0.6) is 0 Å². The Kier molecular flexibility index (Phi) is 3.71. The Morgan fingerprint density at radius 3 is 2.45 bits per heavy atom. The average Bonchev–Trinajstić information content (AvgIpc) is 2.47. The van der Waals surface area contributed by atoms with Crippen LogP contribution in [0.4, 0.5) is 5.69 Å². The van der Waals surface area contributed by atoms with Crippen molar-refractivity contribution in [3.05, 3.63) is 54.4 Å². The van der Waals surface area contributed by atoms with Crippen molar-refractivity contribution in [2.24, 2.45) is 0 Å². The average molecular weight is 291 g/mol. The van der Waals surface area contributed by atoms with Crippen LogP contribution < -0.4 is 9.41 Å². The number of carbonyl (C=O) groups excluding carboxylic acids is 1. The maximum atomic E-state index is 12.4. The monoisotopic (exact) mass is 291 g/mol. The highest BCUT2D eigenvalue weighted by molar-refractivity contribution is 7.92. The number of anilines is 1. The first kappa shape index (κ1) is 14.0. The standard InChI is InChI=1S/C13H12N2O4S/c1-15(10-7-8-14-12(9-10)13(16)17)20(18,19)11-5-3-2-4-6-11/h2-9H,1H3,(H,16,17)/p-1. The van der Waals surface area contributed by atoms with Crippen molar-refractivity contribution in [2.75, 3.05) is 11.4 Å². The van der Waals surface area contributed by atoms with E-state index in [1.807, 2.05) is 0 Å². The van der Waals surface area contributed by atoms with Crippen molar-refractivity contribution in [2.45, 2.75) is 4.90 Å². The minimum Gasteiger partial charge on any atom is -0.543 e. The fourth-order valence-electron chi connectivity index (χ4n) is 1.62. The van der Waals surface area contributed by atoms with E-state index in [4.69, 9.17) is 0 Å². The number of pyridine rings is 1. The van der Waals surface area contributed by atoms with Gasteiger partial charge in [0.15, 0.2) is 0 Å². The normalized spacial score (nSPS) is 11.1. The second kappa shape index (κ2) is 5.30. The van der Waals surface area contributed by atoms with Crippen molar-refractivity contribution >= 4 is 21.7 Å². The molecule has 0 aliphatic heterocycles. The Morgan fingerprint density at radius 1 is 1.20 bits per heavy atom. The third kappa shape index (κ3) is 2.62. The molecule has 1 heterocycles. The van der Waals surface area contributed by atoms with Gasteiger partial charge in [0.05, 0.1) is 22.2 Å². The Hall–Kier alpha value is -2.41. The third-order valence-electron chi connectivity index (χ3n) is 2.72. The topological polar surface area (TPSA) is 90.4 Å². The molecule has 104 valence electrons. The molecule has 7 heteroatoms. The molecule has 0 bridgehead atoms. The van der Waals surface area contributed by atoms with Gasteiger partial charge in [-0.3, -0.25) is 9.29 Å². The zero-order chi connectivity index (χ0) is 14.8. The summed E-state index contributed by atoms with van der Waals surface area (Å²) < 4.78 is 25.7. The molecule has 0 saturated heterocycles. The van der Waals surface area contributed by atoms with Gasteiger partial charge in [-0.05, 0) is 24.3 Å². The van der Waals surface area contributed by atoms with Crippen molar-refractivity contribution < 1.29 is 18.3 Å². The predicted octanol–water partition coefficient (Wildman–Crippen LogP) is 0.270. The minimum atomic E-state index is -3.74. The molecule has 0 aliphatic carbocycles. The van der Waals surface area contributed by atoms with Gasteiger partial charge in [0.1, 0.15) is 0 Å². The lowest BCUT2D eigenvalue weighted by Gasteiger charge is -2.20. The molecule has 0 radical (unpaired) electrons. The Labute approximate surface area is 116 Å². The molecule has 0 N–H and O–H groups in total. The summed E-state index contributed by atoms with van der Waals surface area (Å²) in [5, 5.41) is 10.8. The van der Waals surface area contributed by atoms with Crippen LogP contribution >= 0.6 is 0 Å². The van der Waals surface area contributed by atoms with Gasteiger partial charge in [-0.2, -0.15) is 0 Å². The highest BCUT2D eigenvalue weighted by Crippen LogP contribution is 2.21. The van der Waals surface area contributed by atoms with Crippen molar-refractivity contribution in [3.63, 3.8) is 0 Å². The van der Waals surface area contributed by atoms with Gasteiger partial charge in [-0.15, -0.1) is 0 Å². The van der Waals surface area contributed by atoms with E-state index in [1.54, 1.807) is 18.2 Å². The summed E-state index contributed by atoms with van der Waals surface area (Å²) in [5.41, 5.74) is -0.124. The first-order valence-corrected chi connectivity index (χ1v) is 7.08. The first-order chi connectivity index (χ1) is 9.43. The van der Waals surface area contributed by atoms with Crippen LogP contribution in [0.3, 0.4) is 0 Å². The summed E-state index contributed by atoms with van der Waals surface area (Å²) in [6.45, 7) is 0. The number of nitrogens with zero attached hydrogens (tertiary/aromatic N) is 2. The van der Waals surface area contributed by atoms with E-state index in [0.717, 1.165) is 10.4 Å². The van der Waals surface area contributed by atoms with Crippen LogP contribution in [0.25, 0.3) is 0 Å². The molecule has 2 aromatic rings. The SMILES string of the molecule is CN(c1ccnc(C(=O)[O-])c1)S(=O)(=O)c1ccccc1. The van der Waals surface area contributed by atoms with Gasteiger partial charge >= 0.3 is 0 Å². The largest absolute Gasteiger partial charge is 0.543 e. The van der Waals surface area contributed by atoms with Crippen LogP contribution in [0.1, 0.15) is 10.5 Å². The smallest absolute Gasteiger partial charge is 0.264 e. The van der Waals surface area contributed by atoms with Crippen molar-refractivity contribution in [3.8, 4) is 0 Å². The van der Waals surface area contributed by atoms with E-state index in [9.17, 15) is 18.3 Å². The molecular formula is C13H11N2O4S-. The number of benzene rings is 1. The Morgan fingerprint density at radius 2 is 1.85 bits per heavy atom. The Bertz CT molecular complexity index is 729. The van der Waals surface area contributed by atoms with Gasteiger partial charge < -0.3 is 9.90 Å².